The van der Waals surface area contributed by atoms with Gasteiger partial charge in [0.25, 0.3) is 0 Å². The van der Waals surface area contributed by atoms with Crippen molar-refractivity contribution >= 4 is 5.94 Å². The van der Waals surface area contributed by atoms with Crippen LogP contribution in [0.4, 0.5) is 0 Å². The van der Waals surface area contributed by atoms with Gasteiger partial charge in [0.1, 0.15) is 5.94 Å². The van der Waals surface area contributed by atoms with E-state index in [4.69, 9.17) is 4.74 Å². The second kappa shape index (κ2) is 8.44. The van der Waals surface area contributed by atoms with Crippen molar-refractivity contribution in [2.24, 2.45) is 0 Å². The zero-order valence-corrected chi connectivity index (χ0v) is 14.7. The van der Waals surface area contributed by atoms with Crippen LogP contribution in [-0.2, 0) is 14.9 Å². The number of carbonyl (C=O) groups excluding carboxylic acids is 1. The first kappa shape index (κ1) is 17.9. The minimum absolute atomic E-state index is 0.115. The topological polar surface area (TPSA) is 29.5 Å². The second-order valence-corrected chi connectivity index (χ2v) is 6.60. The highest BCUT2D eigenvalue weighted by molar-refractivity contribution is 5.60. The summed E-state index contributed by atoms with van der Waals surface area (Å²) in [6.07, 6.45) is 4.48. The molecule has 0 spiro atoms. The summed E-state index contributed by atoms with van der Waals surface area (Å²) in [4.78, 5) is 14.1. The first-order valence-electron chi connectivity index (χ1n) is 8.69. The number of aryl methyl sites for hydroxylation is 1. The van der Waals surface area contributed by atoms with Crippen molar-refractivity contribution < 1.29 is 9.53 Å². The predicted octanol–water partition coefficient (Wildman–Crippen LogP) is 3.53. The van der Waals surface area contributed by atoms with Crippen LogP contribution in [0.2, 0.25) is 0 Å². The molecule has 23 heavy (non-hydrogen) atoms. The van der Waals surface area contributed by atoms with Gasteiger partial charge in [-0.15, -0.1) is 0 Å². The van der Waals surface area contributed by atoms with Crippen molar-refractivity contribution in [3.8, 4) is 0 Å². The van der Waals surface area contributed by atoms with Crippen LogP contribution in [0.5, 0.6) is 0 Å². The lowest BCUT2D eigenvalue weighted by Gasteiger charge is -2.33. The summed E-state index contributed by atoms with van der Waals surface area (Å²) >= 11 is 0. The van der Waals surface area contributed by atoms with Gasteiger partial charge in [0, 0.05) is 31.2 Å². The van der Waals surface area contributed by atoms with Crippen molar-refractivity contribution in [1.29, 1.82) is 0 Å². The Kier molecular flexibility index (Phi) is 6.59. The standard InChI is InChI=1S/C20H29NO2/c1-4-21(13-14-23-3)15-19(16-22)20(11-5-6-12-20)18-9-7-17(2)8-10-18/h7-10H,4-6,11-15H2,1-3H3. The highest BCUT2D eigenvalue weighted by Crippen LogP contribution is 2.46. The fraction of sp³-hybridized carbons (Fsp3) is 0.600. The number of hydrogen-bond acceptors (Lipinski definition) is 3. The number of ether oxygens (including phenoxy) is 1. The van der Waals surface area contributed by atoms with Gasteiger partial charge >= 0.3 is 0 Å². The minimum Gasteiger partial charge on any atom is -0.383 e. The van der Waals surface area contributed by atoms with E-state index in [1.807, 2.05) is 0 Å². The third-order valence-corrected chi connectivity index (χ3v) is 5.20. The Labute approximate surface area is 140 Å². The molecule has 0 aromatic heterocycles. The first-order valence-corrected chi connectivity index (χ1v) is 8.69. The van der Waals surface area contributed by atoms with Crippen molar-refractivity contribution in [1.82, 2.24) is 4.90 Å². The molecule has 3 heteroatoms. The quantitative estimate of drug-likeness (QED) is 0.687. The summed E-state index contributed by atoms with van der Waals surface area (Å²) in [5, 5.41) is 0. The lowest BCUT2D eigenvalue weighted by molar-refractivity contribution is 0.154. The van der Waals surface area contributed by atoms with E-state index in [1.54, 1.807) is 7.11 Å². The maximum absolute atomic E-state index is 11.8. The van der Waals surface area contributed by atoms with Gasteiger partial charge in [0.2, 0.25) is 0 Å². The summed E-state index contributed by atoms with van der Waals surface area (Å²) in [6.45, 7) is 7.38. The van der Waals surface area contributed by atoms with Crippen LogP contribution in [0.3, 0.4) is 0 Å². The zero-order valence-electron chi connectivity index (χ0n) is 14.7. The van der Waals surface area contributed by atoms with E-state index in [2.05, 4.69) is 49.0 Å². The molecule has 1 aliphatic rings. The van der Waals surface area contributed by atoms with E-state index >= 15 is 0 Å². The van der Waals surface area contributed by atoms with Gasteiger partial charge in [0.05, 0.1) is 6.61 Å². The Morgan fingerprint density at radius 1 is 1.26 bits per heavy atom. The van der Waals surface area contributed by atoms with Crippen molar-refractivity contribution in [3.63, 3.8) is 0 Å². The SMILES string of the molecule is CCN(CCOC)CC(=C=O)C1(c2ccc(C)cc2)CCCC1. The van der Waals surface area contributed by atoms with Gasteiger partial charge in [-0.3, -0.25) is 4.90 Å². The fourth-order valence-corrected chi connectivity index (χ4v) is 3.69. The number of hydrogen-bond donors (Lipinski definition) is 0. The normalized spacial score (nSPS) is 16.5. The van der Waals surface area contributed by atoms with E-state index in [9.17, 15) is 4.79 Å². The maximum atomic E-state index is 11.8. The van der Waals surface area contributed by atoms with Crippen LogP contribution < -0.4 is 0 Å². The fourth-order valence-electron chi connectivity index (χ4n) is 3.69. The Morgan fingerprint density at radius 3 is 2.43 bits per heavy atom. The summed E-state index contributed by atoms with van der Waals surface area (Å²) in [5.74, 6) is 2.32. The van der Waals surface area contributed by atoms with Crippen molar-refractivity contribution in [2.75, 3.05) is 33.4 Å². The molecule has 0 saturated heterocycles. The number of likely N-dealkylation sites (N-methyl/N-ethyl adjacent to an activating group) is 1. The molecule has 0 N–H and O–H groups in total. The van der Waals surface area contributed by atoms with Crippen LogP contribution in [0, 0.1) is 6.92 Å². The highest BCUT2D eigenvalue weighted by Gasteiger charge is 2.40. The zero-order chi connectivity index (χ0) is 16.7. The van der Waals surface area contributed by atoms with E-state index in [-0.39, 0.29) is 5.41 Å². The molecule has 0 radical (unpaired) electrons. The lowest BCUT2D eigenvalue weighted by Crippen LogP contribution is -2.36. The summed E-state index contributed by atoms with van der Waals surface area (Å²) in [5.41, 5.74) is 3.34. The van der Waals surface area contributed by atoms with E-state index < -0.39 is 0 Å². The first-order chi connectivity index (χ1) is 11.2. The van der Waals surface area contributed by atoms with Gasteiger partial charge in [-0.05, 0) is 31.9 Å². The molecule has 0 bridgehead atoms. The van der Waals surface area contributed by atoms with Crippen LogP contribution in [0.25, 0.3) is 0 Å². The molecule has 1 aromatic rings. The Morgan fingerprint density at radius 2 is 1.91 bits per heavy atom. The molecule has 126 valence electrons. The average Bonchev–Trinajstić information content (AvgIpc) is 3.06. The molecule has 2 rings (SSSR count). The van der Waals surface area contributed by atoms with Gasteiger partial charge in [-0.2, -0.15) is 0 Å². The molecule has 1 saturated carbocycles. The third kappa shape index (κ3) is 4.11. The van der Waals surface area contributed by atoms with Gasteiger partial charge in [-0.25, -0.2) is 4.79 Å². The maximum Gasteiger partial charge on any atom is 0.125 e. The van der Waals surface area contributed by atoms with Gasteiger partial charge in [-0.1, -0.05) is 49.6 Å². The van der Waals surface area contributed by atoms with Crippen molar-refractivity contribution in [3.05, 3.63) is 41.0 Å². The predicted molar refractivity (Wildman–Crippen MR) is 94.5 cm³/mol. The molecule has 0 atom stereocenters. The molecule has 0 heterocycles. The van der Waals surface area contributed by atoms with E-state index in [0.717, 1.165) is 31.5 Å². The molecule has 0 unspecified atom stereocenters. The van der Waals surface area contributed by atoms with Crippen LogP contribution in [0.1, 0.15) is 43.7 Å². The Hall–Kier alpha value is -1.41. The van der Waals surface area contributed by atoms with Gasteiger partial charge < -0.3 is 4.74 Å². The highest BCUT2D eigenvalue weighted by atomic mass is 16.5. The number of benzene rings is 1. The summed E-state index contributed by atoms with van der Waals surface area (Å²) < 4.78 is 5.19. The van der Waals surface area contributed by atoms with E-state index in [0.29, 0.717) is 13.2 Å². The number of methoxy groups -OCH3 is 1. The molecular formula is C20H29NO2. The molecule has 1 fully saturated rings. The van der Waals surface area contributed by atoms with Crippen molar-refractivity contribution in [2.45, 2.75) is 44.9 Å². The van der Waals surface area contributed by atoms with E-state index in [1.165, 1.54) is 24.0 Å². The minimum atomic E-state index is -0.115. The van der Waals surface area contributed by atoms with Crippen LogP contribution >= 0.6 is 0 Å². The molecule has 0 aliphatic heterocycles. The van der Waals surface area contributed by atoms with Gasteiger partial charge in [0.15, 0.2) is 0 Å². The summed E-state index contributed by atoms with van der Waals surface area (Å²) in [6, 6.07) is 8.70. The molecule has 1 aromatic carbocycles. The van der Waals surface area contributed by atoms with Crippen LogP contribution in [0.15, 0.2) is 29.8 Å². The monoisotopic (exact) mass is 315 g/mol. The average molecular weight is 315 g/mol. The lowest BCUT2D eigenvalue weighted by atomic mass is 9.72. The molecule has 0 amide bonds. The summed E-state index contributed by atoms with van der Waals surface area (Å²) in [7, 11) is 1.72. The van der Waals surface area contributed by atoms with Crippen LogP contribution in [-0.4, -0.2) is 44.2 Å². The molecule has 1 aliphatic carbocycles. The number of nitrogens with zero attached hydrogens (tertiary/aromatic N) is 1. The Balaban J connectivity index is 2.27. The molecule has 3 nitrogen and oxygen atoms in total. The largest absolute Gasteiger partial charge is 0.383 e. The molecular weight excluding hydrogens is 286 g/mol. The third-order valence-electron chi connectivity index (χ3n) is 5.20. The Bertz CT molecular complexity index is 537. The number of rotatable bonds is 8. The smallest absolute Gasteiger partial charge is 0.125 e. The second-order valence-electron chi connectivity index (χ2n) is 6.60.